The van der Waals surface area contributed by atoms with Crippen LogP contribution < -0.4 is 19.9 Å². The van der Waals surface area contributed by atoms with Crippen molar-refractivity contribution in [3.8, 4) is 11.5 Å². The van der Waals surface area contributed by atoms with Crippen molar-refractivity contribution in [1.29, 1.82) is 0 Å². The molecule has 0 amide bonds. The van der Waals surface area contributed by atoms with Gasteiger partial charge in [-0.3, -0.25) is 9.20 Å². The van der Waals surface area contributed by atoms with Gasteiger partial charge in [0.25, 0.3) is 5.56 Å². The number of quaternary nitrogens is 1. The maximum atomic E-state index is 12.2. The fourth-order valence-electron chi connectivity index (χ4n) is 3.63. The average Bonchev–Trinajstić information content (AvgIpc) is 3.12. The molecule has 4 rings (SSSR count). The highest BCUT2D eigenvalue weighted by Crippen LogP contribution is 2.32. The molecular weight excluding hydrogens is 362 g/mol. The third-order valence-electron chi connectivity index (χ3n) is 4.84. The summed E-state index contributed by atoms with van der Waals surface area (Å²) in [6.45, 7) is 7.87. The minimum atomic E-state index is -0.00644. The van der Waals surface area contributed by atoms with Crippen molar-refractivity contribution in [2.45, 2.75) is 33.4 Å². The molecule has 1 aliphatic heterocycles. The lowest BCUT2D eigenvalue weighted by molar-refractivity contribution is -0.929. The van der Waals surface area contributed by atoms with Gasteiger partial charge < -0.3 is 14.4 Å². The van der Waals surface area contributed by atoms with Crippen LogP contribution in [0.2, 0.25) is 0 Å². The fourth-order valence-corrected chi connectivity index (χ4v) is 4.37. The van der Waals surface area contributed by atoms with Crippen molar-refractivity contribution in [3.63, 3.8) is 0 Å². The van der Waals surface area contributed by atoms with Gasteiger partial charge in [-0.15, -0.1) is 11.3 Å². The van der Waals surface area contributed by atoms with Gasteiger partial charge in [0, 0.05) is 29.6 Å². The number of nitrogens with zero attached hydrogens (tertiary/aromatic N) is 2. The number of hydrogen-bond acceptors (Lipinski definition) is 5. The van der Waals surface area contributed by atoms with Crippen LogP contribution in [-0.4, -0.2) is 29.1 Å². The smallest absolute Gasteiger partial charge is 0.258 e. The molecule has 1 atom stereocenters. The van der Waals surface area contributed by atoms with Crippen molar-refractivity contribution in [2.24, 2.45) is 0 Å². The van der Waals surface area contributed by atoms with Gasteiger partial charge >= 0.3 is 0 Å². The lowest BCUT2D eigenvalue weighted by Crippen LogP contribution is -3.10. The van der Waals surface area contributed by atoms with Gasteiger partial charge in [-0.2, -0.15) is 0 Å². The first-order valence-corrected chi connectivity index (χ1v) is 10.3. The molecular formula is C20H24N3O3S+. The van der Waals surface area contributed by atoms with Crippen LogP contribution in [0.5, 0.6) is 11.5 Å². The van der Waals surface area contributed by atoms with E-state index >= 15 is 0 Å². The van der Waals surface area contributed by atoms with Gasteiger partial charge in [0.15, 0.2) is 16.5 Å². The van der Waals surface area contributed by atoms with Crippen LogP contribution >= 0.6 is 11.3 Å². The molecule has 1 aromatic carbocycles. The van der Waals surface area contributed by atoms with Crippen LogP contribution in [-0.2, 0) is 19.5 Å². The largest absolute Gasteiger partial charge is 0.490 e. The zero-order chi connectivity index (χ0) is 18.8. The number of benzene rings is 1. The van der Waals surface area contributed by atoms with Gasteiger partial charge in [-0.25, -0.2) is 4.98 Å². The number of thiazole rings is 1. The Labute approximate surface area is 162 Å². The van der Waals surface area contributed by atoms with Crippen LogP contribution in [0.4, 0.5) is 0 Å². The number of fused-ring (bicyclic) bond motifs is 2. The van der Waals surface area contributed by atoms with E-state index in [0.717, 1.165) is 48.2 Å². The standard InChI is InChI=1S/C20H23N3O3S/c1-3-25-17-9-14-5-6-22(12-15(14)10-18(17)26-4-2)13-16-11-19(24)23-7-8-27-20(23)21-16/h7-11H,3-6,12-13H2,1-2H3/p+1. The van der Waals surface area contributed by atoms with Crippen molar-refractivity contribution >= 4 is 16.3 Å². The highest BCUT2D eigenvalue weighted by atomic mass is 32.1. The van der Waals surface area contributed by atoms with E-state index in [9.17, 15) is 4.79 Å². The van der Waals surface area contributed by atoms with E-state index in [1.54, 1.807) is 16.7 Å². The second kappa shape index (κ2) is 7.70. The molecule has 3 aromatic rings. The Morgan fingerprint density at radius 3 is 2.63 bits per heavy atom. The van der Waals surface area contributed by atoms with Crippen molar-refractivity contribution in [2.75, 3.05) is 19.8 Å². The molecule has 0 radical (unpaired) electrons. The van der Waals surface area contributed by atoms with Crippen LogP contribution in [0.15, 0.2) is 34.6 Å². The van der Waals surface area contributed by atoms with E-state index in [-0.39, 0.29) is 5.56 Å². The summed E-state index contributed by atoms with van der Waals surface area (Å²) in [6.07, 6.45) is 2.76. The Bertz CT molecular complexity index is 1010. The van der Waals surface area contributed by atoms with Gasteiger partial charge in [0.05, 0.1) is 19.8 Å². The van der Waals surface area contributed by atoms with Gasteiger partial charge in [0.2, 0.25) is 0 Å². The third-order valence-corrected chi connectivity index (χ3v) is 5.60. The molecule has 0 saturated carbocycles. The zero-order valence-corrected chi connectivity index (χ0v) is 16.5. The highest BCUT2D eigenvalue weighted by Gasteiger charge is 2.23. The summed E-state index contributed by atoms with van der Waals surface area (Å²) in [7, 11) is 0. The zero-order valence-electron chi connectivity index (χ0n) is 15.7. The molecule has 6 nitrogen and oxygen atoms in total. The van der Waals surface area contributed by atoms with Gasteiger partial charge in [0.1, 0.15) is 18.8 Å². The lowest BCUT2D eigenvalue weighted by Gasteiger charge is -2.27. The van der Waals surface area contributed by atoms with Crippen LogP contribution in [0.1, 0.15) is 30.7 Å². The molecule has 0 spiro atoms. The monoisotopic (exact) mass is 386 g/mol. The number of aromatic nitrogens is 2. The molecule has 3 heterocycles. The summed E-state index contributed by atoms with van der Waals surface area (Å²) >= 11 is 1.49. The van der Waals surface area contributed by atoms with Crippen LogP contribution in [0, 0.1) is 0 Å². The number of ether oxygens (including phenoxy) is 2. The van der Waals surface area contributed by atoms with Gasteiger partial charge in [-0.05, 0) is 31.5 Å². The fraction of sp³-hybridized carbons (Fsp3) is 0.400. The van der Waals surface area contributed by atoms with E-state index in [2.05, 4.69) is 17.1 Å². The van der Waals surface area contributed by atoms with Crippen LogP contribution in [0.25, 0.3) is 4.96 Å². The molecule has 0 fully saturated rings. The first kappa shape index (κ1) is 18.0. The average molecular weight is 386 g/mol. The molecule has 142 valence electrons. The topological polar surface area (TPSA) is 57.3 Å². The van der Waals surface area contributed by atoms with E-state index < -0.39 is 0 Å². The first-order valence-electron chi connectivity index (χ1n) is 9.38. The van der Waals surface area contributed by atoms with Gasteiger partial charge in [-0.1, -0.05) is 0 Å². The van der Waals surface area contributed by atoms with E-state index in [1.165, 1.54) is 27.4 Å². The summed E-state index contributed by atoms with van der Waals surface area (Å²) in [5.74, 6) is 1.65. The van der Waals surface area contributed by atoms with Crippen molar-refractivity contribution < 1.29 is 14.4 Å². The van der Waals surface area contributed by atoms with E-state index in [0.29, 0.717) is 13.2 Å². The minimum Gasteiger partial charge on any atom is -0.490 e. The predicted octanol–water partition coefficient (Wildman–Crippen LogP) is 1.69. The Hall–Kier alpha value is -2.38. The molecule has 7 heteroatoms. The van der Waals surface area contributed by atoms with Crippen LogP contribution in [0.3, 0.4) is 0 Å². The maximum Gasteiger partial charge on any atom is 0.258 e. The minimum absolute atomic E-state index is 0.00644. The summed E-state index contributed by atoms with van der Waals surface area (Å²) in [5.41, 5.74) is 3.47. The lowest BCUT2D eigenvalue weighted by atomic mass is 9.98. The van der Waals surface area contributed by atoms with E-state index in [4.69, 9.17) is 9.47 Å². The molecule has 2 aromatic heterocycles. The molecule has 1 unspecified atom stereocenters. The second-order valence-corrected chi connectivity index (χ2v) is 7.55. The summed E-state index contributed by atoms with van der Waals surface area (Å²) in [5, 5.41) is 1.89. The maximum absolute atomic E-state index is 12.2. The molecule has 27 heavy (non-hydrogen) atoms. The Kier molecular flexibility index (Phi) is 5.13. The summed E-state index contributed by atoms with van der Waals surface area (Å²) in [4.78, 5) is 19.0. The summed E-state index contributed by atoms with van der Waals surface area (Å²) < 4.78 is 13.1. The van der Waals surface area contributed by atoms with Crippen molar-refractivity contribution in [1.82, 2.24) is 9.38 Å². The van der Waals surface area contributed by atoms with Crippen molar-refractivity contribution in [3.05, 3.63) is 57.0 Å². The second-order valence-electron chi connectivity index (χ2n) is 6.68. The predicted molar refractivity (Wildman–Crippen MR) is 105 cm³/mol. The molecule has 0 bridgehead atoms. The highest BCUT2D eigenvalue weighted by molar-refractivity contribution is 7.15. The third kappa shape index (κ3) is 3.70. The number of nitrogens with one attached hydrogen (secondary N) is 1. The summed E-state index contributed by atoms with van der Waals surface area (Å²) in [6, 6.07) is 5.91. The Balaban J connectivity index is 1.56. The molecule has 1 aliphatic rings. The first-order chi connectivity index (χ1) is 13.2. The van der Waals surface area contributed by atoms with E-state index in [1.807, 2.05) is 19.2 Å². The Morgan fingerprint density at radius 1 is 1.15 bits per heavy atom. The molecule has 1 N–H and O–H groups in total. The number of rotatable bonds is 6. The molecule has 0 saturated heterocycles. The normalized spacial score (nSPS) is 16.3. The Morgan fingerprint density at radius 2 is 1.89 bits per heavy atom. The quantitative estimate of drug-likeness (QED) is 0.701. The molecule has 0 aliphatic carbocycles. The SMILES string of the molecule is CCOc1cc2c(cc1OCC)C[NH+](Cc1cc(=O)n3ccsc3n1)CC2. The number of hydrogen-bond donors (Lipinski definition) is 1.